The molecule has 276 valence electrons. The fraction of sp³-hybridized carbons (Fsp3) is 0.667. The van der Waals surface area contributed by atoms with Crippen molar-refractivity contribution in [3.8, 4) is 0 Å². The molecule has 0 fully saturated rings. The standard InChI is InChI=1S/C39H69N2O6P/c1-3-5-7-9-11-13-15-16-17-18-19-20-21-22-23-25-27-29-31-33-39(43)41-37(36-47-48(44,45)46-35-34-40)38(42)32-30-28-26-24-14-12-10-8-6-4-2/h5,7,11,13-14,16-17,19-20,24,30,32,37-38,42H,3-4,6,8-10,12,15,18,21-23,25-29,31,33-36,40H2,1-2H3,(H,41,43)(H,44,45)/b7-5-,13-11-,17-16-,20-19-,24-14+,32-30+. The highest BCUT2D eigenvalue weighted by Gasteiger charge is 2.26. The summed E-state index contributed by atoms with van der Waals surface area (Å²) < 4.78 is 22.0. The van der Waals surface area contributed by atoms with Crippen LogP contribution in [0.25, 0.3) is 0 Å². The van der Waals surface area contributed by atoms with Crippen LogP contribution in [0, 0.1) is 0 Å². The summed E-state index contributed by atoms with van der Waals surface area (Å²) in [5.74, 6) is -0.225. The van der Waals surface area contributed by atoms with Gasteiger partial charge >= 0.3 is 7.82 Å². The zero-order valence-corrected chi connectivity index (χ0v) is 31.1. The molecule has 0 aliphatic rings. The van der Waals surface area contributed by atoms with Crippen molar-refractivity contribution in [2.45, 2.75) is 148 Å². The fourth-order valence-corrected chi connectivity index (χ4v) is 5.48. The molecule has 8 nitrogen and oxygen atoms in total. The molecule has 48 heavy (non-hydrogen) atoms. The Morgan fingerprint density at radius 1 is 0.708 bits per heavy atom. The van der Waals surface area contributed by atoms with Gasteiger partial charge in [0, 0.05) is 13.0 Å². The minimum Gasteiger partial charge on any atom is -0.387 e. The maximum atomic E-state index is 12.7. The minimum atomic E-state index is -4.35. The van der Waals surface area contributed by atoms with Crippen LogP contribution >= 0.6 is 7.82 Å². The molecule has 0 aromatic rings. The van der Waals surface area contributed by atoms with E-state index in [4.69, 9.17) is 14.8 Å². The SMILES string of the molecule is CC/C=C\C/C=C\C/C=C\C/C=C\CCCCCCCCC(=O)NC(COP(=O)(O)OCCN)C(O)/C=C/CC/C=C/CCCCCC. The van der Waals surface area contributed by atoms with Crippen LogP contribution in [0.4, 0.5) is 0 Å². The van der Waals surface area contributed by atoms with E-state index in [1.807, 2.05) is 6.08 Å². The van der Waals surface area contributed by atoms with Crippen LogP contribution in [-0.2, 0) is 18.4 Å². The Balaban J connectivity index is 4.33. The molecule has 0 saturated heterocycles. The van der Waals surface area contributed by atoms with E-state index in [0.29, 0.717) is 6.42 Å². The number of phosphoric ester groups is 1. The topological polar surface area (TPSA) is 131 Å². The Bertz CT molecular complexity index is 976. The van der Waals surface area contributed by atoms with Gasteiger partial charge in [0.15, 0.2) is 0 Å². The normalized spacial score (nSPS) is 15.2. The van der Waals surface area contributed by atoms with Crippen molar-refractivity contribution in [3.05, 3.63) is 72.9 Å². The van der Waals surface area contributed by atoms with Gasteiger partial charge in [0.05, 0.1) is 25.4 Å². The molecule has 0 rings (SSSR count). The Hall–Kier alpha value is -2.06. The molecule has 0 heterocycles. The van der Waals surface area contributed by atoms with Gasteiger partial charge in [0.1, 0.15) is 0 Å². The molecule has 9 heteroatoms. The van der Waals surface area contributed by atoms with Gasteiger partial charge in [-0.1, -0.05) is 132 Å². The van der Waals surface area contributed by atoms with Gasteiger partial charge in [-0.25, -0.2) is 4.57 Å². The van der Waals surface area contributed by atoms with Crippen molar-refractivity contribution in [1.82, 2.24) is 5.32 Å². The Morgan fingerprint density at radius 3 is 1.85 bits per heavy atom. The van der Waals surface area contributed by atoms with Crippen molar-refractivity contribution in [3.63, 3.8) is 0 Å². The van der Waals surface area contributed by atoms with Gasteiger partial charge in [-0.2, -0.15) is 0 Å². The maximum Gasteiger partial charge on any atom is 0.472 e. The molecule has 0 aliphatic heterocycles. The van der Waals surface area contributed by atoms with Gasteiger partial charge in [0.2, 0.25) is 5.91 Å². The molecule has 5 N–H and O–H groups in total. The van der Waals surface area contributed by atoms with E-state index in [-0.39, 0.29) is 25.7 Å². The molecule has 0 bridgehead atoms. The second kappa shape index (κ2) is 34.8. The summed E-state index contributed by atoms with van der Waals surface area (Å²) in [5, 5.41) is 13.5. The third-order valence-electron chi connectivity index (χ3n) is 7.52. The van der Waals surface area contributed by atoms with Crippen molar-refractivity contribution in [2.75, 3.05) is 19.8 Å². The Kier molecular flexibility index (Phi) is 33.3. The van der Waals surface area contributed by atoms with E-state index in [1.54, 1.807) is 6.08 Å². The van der Waals surface area contributed by atoms with E-state index in [0.717, 1.165) is 77.0 Å². The number of allylic oxidation sites excluding steroid dienone is 11. The minimum absolute atomic E-state index is 0.0674. The third kappa shape index (κ3) is 32.5. The summed E-state index contributed by atoms with van der Waals surface area (Å²) >= 11 is 0. The molecule has 0 aromatic heterocycles. The highest BCUT2D eigenvalue weighted by molar-refractivity contribution is 7.47. The van der Waals surface area contributed by atoms with Crippen LogP contribution in [0.3, 0.4) is 0 Å². The number of hydrogen-bond donors (Lipinski definition) is 4. The fourth-order valence-electron chi connectivity index (χ4n) is 4.72. The van der Waals surface area contributed by atoms with Crippen molar-refractivity contribution >= 4 is 13.7 Å². The molecule has 1 amide bonds. The number of aliphatic hydroxyl groups is 1. The van der Waals surface area contributed by atoms with Gasteiger partial charge in [-0.15, -0.1) is 0 Å². The Labute approximate surface area is 293 Å². The van der Waals surface area contributed by atoms with Crippen molar-refractivity contribution in [1.29, 1.82) is 0 Å². The molecule has 0 aromatic carbocycles. The van der Waals surface area contributed by atoms with E-state index in [1.165, 1.54) is 38.5 Å². The summed E-state index contributed by atoms with van der Waals surface area (Å²) in [6.45, 7) is 3.91. The number of phosphoric acid groups is 1. The second-order valence-corrected chi connectivity index (χ2v) is 13.5. The molecular weight excluding hydrogens is 623 g/mol. The lowest BCUT2D eigenvalue weighted by Gasteiger charge is -2.23. The number of carbonyl (C=O) groups is 1. The van der Waals surface area contributed by atoms with Crippen LogP contribution in [0.15, 0.2) is 72.9 Å². The van der Waals surface area contributed by atoms with Crippen molar-refractivity contribution in [2.24, 2.45) is 5.73 Å². The van der Waals surface area contributed by atoms with Gasteiger partial charge in [0.25, 0.3) is 0 Å². The summed E-state index contributed by atoms with van der Waals surface area (Å²) in [5.41, 5.74) is 5.34. The molecule has 0 aliphatic carbocycles. The number of amides is 1. The first-order valence-electron chi connectivity index (χ1n) is 18.6. The number of carbonyl (C=O) groups excluding carboxylic acids is 1. The largest absolute Gasteiger partial charge is 0.472 e. The van der Waals surface area contributed by atoms with Crippen LogP contribution in [0.1, 0.15) is 136 Å². The van der Waals surface area contributed by atoms with Crippen LogP contribution in [-0.4, -0.2) is 47.8 Å². The monoisotopic (exact) mass is 692 g/mol. The van der Waals surface area contributed by atoms with E-state index in [2.05, 4.69) is 79.9 Å². The van der Waals surface area contributed by atoms with Gasteiger partial charge in [-0.05, 0) is 70.6 Å². The number of nitrogens with two attached hydrogens (primary N) is 1. The summed E-state index contributed by atoms with van der Waals surface area (Å²) in [6.07, 6.45) is 43.8. The van der Waals surface area contributed by atoms with E-state index < -0.39 is 20.0 Å². The number of hydrogen-bond acceptors (Lipinski definition) is 6. The first kappa shape index (κ1) is 45.9. The number of aliphatic hydroxyl groups excluding tert-OH is 1. The lowest BCUT2D eigenvalue weighted by molar-refractivity contribution is -0.123. The molecule has 0 radical (unpaired) electrons. The van der Waals surface area contributed by atoms with Crippen molar-refractivity contribution < 1.29 is 28.4 Å². The van der Waals surface area contributed by atoms with Crippen LogP contribution in [0.5, 0.6) is 0 Å². The molecule has 3 atom stereocenters. The average molecular weight is 693 g/mol. The lowest BCUT2D eigenvalue weighted by atomic mass is 10.1. The smallest absolute Gasteiger partial charge is 0.387 e. The Morgan fingerprint density at radius 2 is 1.23 bits per heavy atom. The maximum absolute atomic E-state index is 12.7. The zero-order chi connectivity index (χ0) is 35.4. The van der Waals surface area contributed by atoms with E-state index >= 15 is 0 Å². The second-order valence-electron chi connectivity index (χ2n) is 12.0. The number of nitrogens with one attached hydrogen (secondary N) is 1. The molecular formula is C39H69N2O6P. The van der Waals surface area contributed by atoms with Gasteiger partial charge in [-0.3, -0.25) is 13.8 Å². The summed E-state index contributed by atoms with van der Waals surface area (Å²) in [6, 6.07) is -0.886. The predicted octanol–water partition coefficient (Wildman–Crippen LogP) is 9.71. The molecule has 0 saturated carbocycles. The first-order valence-corrected chi connectivity index (χ1v) is 20.1. The molecule has 0 spiro atoms. The molecule has 3 unspecified atom stereocenters. The van der Waals surface area contributed by atoms with Crippen LogP contribution in [0.2, 0.25) is 0 Å². The highest BCUT2D eigenvalue weighted by atomic mass is 31.2. The summed E-state index contributed by atoms with van der Waals surface area (Å²) in [4.78, 5) is 22.5. The first-order chi connectivity index (χ1) is 23.4. The number of rotatable bonds is 33. The average Bonchev–Trinajstić information content (AvgIpc) is 3.07. The lowest BCUT2D eigenvalue weighted by Crippen LogP contribution is -2.45. The highest BCUT2D eigenvalue weighted by Crippen LogP contribution is 2.43. The van der Waals surface area contributed by atoms with Gasteiger partial charge < -0.3 is 21.1 Å². The zero-order valence-electron chi connectivity index (χ0n) is 30.2. The quantitative estimate of drug-likeness (QED) is 0.0306. The predicted molar refractivity (Wildman–Crippen MR) is 203 cm³/mol. The third-order valence-corrected chi connectivity index (χ3v) is 8.50. The number of unbranched alkanes of at least 4 members (excludes halogenated alkanes) is 11. The van der Waals surface area contributed by atoms with E-state index in [9.17, 15) is 19.4 Å². The van der Waals surface area contributed by atoms with Crippen LogP contribution < -0.4 is 11.1 Å². The summed E-state index contributed by atoms with van der Waals surface area (Å²) in [7, 11) is -4.35.